The molecule has 0 radical (unpaired) electrons. The van der Waals surface area contributed by atoms with Crippen LogP contribution in [0.5, 0.6) is 5.75 Å². The summed E-state index contributed by atoms with van der Waals surface area (Å²) in [7, 11) is -2.27. The maximum absolute atomic E-state index is 14.0. The first-order valence-electron chi connectivity index (χ1n) is 14.6. The molecular weight excluding hydrogens is 619 g/mol. The minimum absolute atomic E-state index is 0.0365. The average Bonchev–Trinajstić information content (AvgIpc) is 3.21. The third kappa shape index (κ3) is 6.54. The molecule has 0 bridgehead atoms. The quantitative estimate of drug-likeness (QED) is 0.195. The number of benzene rings is 2. The number of nitrogens with zero attached hydrogens (tertiary/aromatic N) is 3. The second-order valence-electron chi connectivity index (χ2n) is 10.7. The molecule has 2 N–H and O–H groups in total. The number of aromatic nitrogens is 2. The molecule has 2 aromatic heterocycles. The van der Waals surface area contributed by atoms with Crippen LogP contribution in [0.2, 0.25) is 0 Å². The molecule has 230 valence electrons. The van der Waals surface area contributed by atoms with Gasteiger partial charge in [-0.15, -0.1) is 11.3 Å². The van der Waals surface area contributed by atoms with Crippen molar-refractivity contribution in [1.82, 2.24) is 14.3 Å². The minimum atomic E-state index is -3.85. The normalized spacial score (nSPS) is 15.2. The van der Waals surface area contributed by atoms with Gasteiger partial charge in [-0.3, -0.25) is 23.9 Å². The van der Waals surface area contributed by atoms with E-state index in [0.717, 1.165) is 62.3 Å². The molecule has 1 aliphatic heterocycles. The van der Waals surface area contributed by atoms with Crippen molar-refractivity contribution >= 4 is 60.8 Å². The molecule has 0 unspecified atom stereocenters. The number of thioether (sulfide) groups is 1. The number of hydrogen-bond donors (Lipinski definition) is 2. The Morgan fingerprint density at radius 2 is 1.84 bits per heavy atom. The van der Waals surface area contributed by atoms with E-state index in [1.807, 2.05) is 0 Å². The van der Waals surface area contributed by atoms with Gasteiger partial charge in [0, 0.05) is 23.5 Å². The van der Waals surface area contributed by atoms with Crippen molar-refractivity contribution in [3.8, 4) is 11.4 Å². The molecule has 4 aromatic rings. The second-order valence-corrected chi connectivity index (χ2v) is 14.4. The number of ether oxygens (including phenoxy) is 1. The highest BCUT2D eigenvalue weighted by molar-refractivity contribution is 7.99. The number of carbonyl (C=O) groups is 1. The van der Waals surface area contributed by atoms with Crippen molar-refractivity contribution in [2.75, 3.05) is 24.7 Å². The maximum Gasteiger partial charge on any atom is 0.267 e. The van der Waals surface area contributed by atoms with Crippen LogP contribution in [0.25, 0.3) is 15.9 Å². The van der Waals surface area contributed by atoms with Crippen LogP contribution in [0.1, 0.15) is 49.0 Å². The van der Waals surface area contributed by atoms with Gasteiger partial charge in [-0.1, -0.05) is 24.2 Å². The SMILES string of the molecule is COc1ccc(-n2c(SCC(=O)Nc3cccc(S(=O)(=O)NC4=NCCCCC4)c3)nc3sc4c(c3c2=O)CCCC4)cc1. The van der Waals surface area contributed by atoms with Crippen LogP contribution in [-0.2, 0) is 27.7 Å². The summed E-state index contributed by atoms with van der Waals surface area (Å²) in [5.74, 6) is 0.739. The first-order chi connectivity index (χ1) is 21.3. The Morgan fingerprint density at radius 1 is 1.05 bits per heavy atom. The lowest BCUT2D eigenvalue weighted by Crippen LogP contribution is -2.30. The van der Waals surface area contributed by atoms with E-state index in [0.29, 0.717) is 51.3 Å². The number of anilines is 1. The van der Waals surface area contributed by atoms with Crippen LogP contribution < -0.4 is 20.3 Å². The number of methoxy groups -OCH3 is 1. The third-order valence-corrected chi connectivity index (χ3v) is 11.2. The van der Waals surface area contributed by atoms with Crippen LogP contribution in [0.15, 0.2) is 68.4 Å². The van der Waals surface area contributed by atoms with Gasteiger partial charge >= 0.3 is 0 Å². The fourth-order valence-electron chi connectivity index (χ4n) is 5.48. The monoisotopic (exact) mass is 651 g/mol. The Bertz CT molecular complexity index is 1900. The summed E-state index contributed by atoms with van der Waals surface area (Å²) in [6, 6.07) is 13.3. The molecule has 0 saturated heterocycles. The molecule has 44 heavy (non-hydrogen) atoms. The van der Waals surface area contributed by atoms with E-state index in [1.165, 1.54) is 17.0 Å². The van der Waals surface area contributed by atoms with Crippen molar-refractivity contribution in [3.63, 3.8) is 0 Å². The van der Waals surface area contributed by atoms with E-state index in [4.69, 9.17) is 9.72 Å². The summed E-state index contributed by atoms with van der Waals surface area (Å²) in [4.78, 5) is 38.3. The number of thiophene rings is 1. The van der Waals surface area contributed by atoms with E-state index in [-0.39, 0.29) is 22.1 Å². The zero-order valence-corrected chi connectivity index (χ0v) is 26.7. The number of fused-ring (bicyclic) bond motifs is 3. The highest BCUT2D eigenvalue weighted by Gasteiger charge is 2.24. The lowest BCUT2D eigenvalue weighted by atomic mass is 9.97. The summed E-state index contributed by atoms with van der Waals surface area (Å²) in [5.41, 5.74) is 1.93. The van der Waals surface area contributed by atoms with Crippen LogP contribution in [0.3, 0.4) is 0 Å². The molecule has 0 spiro atoms. The first kappa shape index (κ1) is 30.4. The Hall–Kier alpha value is -3.68. The lowest BCUT2D eigenvalue weighted by molar-refractivity contribution is -0.113. The molecule has 0 atom stereocenters. The Morgan fingerprint density at radius 3 is 2.66 bits per heavy atom. The molecule has 0 fully saturated rings. The Labute approximate surface area is 264 Å². The van der Waals surface area contributed by atoms with Gasteiger partial charge in [0.25, 0.3) is 15.6 Å². The summed E-state index contributed by atoms with van der Waals surface area (Å²) < 4.78 is 35.5. The van der Waals surface area contributed by atoms with Crippen molar-refractivity contribution in [1.29, 1.82) is 0 Å². The first-order valence-corrected chi connectivity index (χ1v) is 17.9. The molecule has 13 heteroatoms. The van der Waals surface area contributed by atoms with Crippen LogP contribution in [-0.4, -0.2) is 49.1 Å². The van der Waals surface area contributed by atoms with Gasteiger partial charge in [0.15, 0.2) is 5.16 Å². The predicted molar refractivity (Wildman–Crippen MR) is 175 cm³/mol. The fraction of sp³-hybridized carbons (Fsp3) is 0.355. The molecular formula is C31H33N5O5S3. The van der Waals surface area contributed by atoms with Gasteiger partial charge in [-0.05, 0) is 86.6 Å². The zero-order valence-electron chi connectivity index (χ0n) is 24.3. The molecule has 1 aliphatic carbocycles. The van der Waals surface area contributed by atoms with Gasteiger partial charge in [-0.2, -0.15) is 0 Å². The number of aliphatic imine (C=N–C) groups is 1. The van der Waals surface area contributed by atoms with Crippen molar-refractivity contribution in [2.24, 2.45) is 4.99 Å². The summed E-state index contributed by atoms with van der Waals surface area (Å²) in [6.07, 6.45) is 7.39. The molecule has 0 saturated carbocycles. The lowest BCUT2D eigenvalue weighted by Gasteiger charge is -2.14. The van der Waals surface area contributed by atoms with E-state index in [1.54, 1.807) is 59.4 Å². The van der Waals surface area contributed by atoms with Crippen LogP contribution in [0.4, 0.5) is 5.69 Å². The van der Waals surface area contributed by atoms with Gasteiger partial charge in [0.1, 0.15) is 16.4 Å². The molecule has 1 amide bonds. The number of hydrogen-bond acceptors (Lipinski definition) is 9. The Balaban J connectivity index is 1.23. The number of carbonyl (C=O) groups excluding carboxylic acids is 1. The average molecular weight is 652 g/mol. The smallest absolute Gasteiger partial charge is 0.267 e. The number of nitrogens with one attached hydrogen (secondary N) is 2. The standard InChI is InChI=1S/C31H33N5O5S3/c1-41-22-15-13-21(14-16-22)36-30(38)28-24-10-4-5-11-25(24)43-29(28)34-31(36)42-19-27(37)33-20-8-7-9-23(18-20)44(39,40)35-26-12-3-2-6-17-32-26/h7-9,13-16,18H,2-6,10-12,17,19H2,1H3,(H,32,35)(H,33,37). The van der Waals surface area contributed by atoms with Crippen molar-refractivity contribution in [2.45, 2.75) is 61.4 Å². The highest BCUT2D eigenvalue weighted by atomic mass is 32.2. The zero-order chi connectivity index (χ0) is 30.7. The van der Waals surface area contributed by atoms with E-state index in [9.17, 15) is 18.0 Å². The summed E-state index contributed by atoms with van der Waals surface area (Å²) in [6.45, 7) is 0.606. The number of rotatable bonds is 8. The van der Waals surface area contributed by atoms with Crippen molar-refractivity contribution in [3.05, 3.63) is 69.3 Å². The van der Waals surface area contributed by atoms with Gasteiger partial charge in [0.2, 0.25) is 5.91 Å². The van der Waals surface area contributed by atoms with Crippen molar-refractivity contribution < 1.29 is 17.9 Å². The largest absolute Gasteiger partial charge is 0.497 e. The fourth-order valence-corrected chi connectivity index (χ4v) is 8.73. The number of sulfonamides is 1. The number of amidine groups is 1. The molecule has 3 heterocycles. The molecule has 2 aromatic carbocycles. The topological polar surface area (TPSA) is 132 Å². The number of aryl methyl sites for hydroxylation is 2. The molecule has 2 aliphatic rings. The number of amides is 1. The van der Waals surface area contributed by atoms with Gasteiger partial charge < -0.3 is 10.1 Å². The van der Waals surface area contributed by atoms with E-state index >= 15 is 0 Å². The third-order valence-electron chi connectivity index (χ3n) is 7.68. The van der Waals surface area contributed by atoms with E-state index in [2.05, 4.69) is 15.0 Å². The minimum Gasteiger partial charge on any atom is -0.497 e. The maximum atomic E-state index is 14.0. The van der Waals surface area contributed by atoms with Crippen LogP contribution in [0, 0.1) is 0 Å². The predicted octanol–water partition coefficient (Wildman–Crippen LogP) is 5.32. The Kier molecular flexibility index (Phi) is 9.06. The van der Waals surface area contributed by atoms with E-state index < -0.39 is 10.0 Å². The highest BCUT2D eigenvalue weighted by Crippen LogP contribution is 2.35. The van der Waals surface area contributed by atoms with Gasteiger partial charge in [0.05, 0.1) is 28.8 Å². The summed E-state index contributed by atoms with van der Waals surface area (Å²) in [5, 5.41) is 3.86. The van der Waals surface area contributed by atoms with Gasteiger partial charge in [-0.25, -0.2) is 13.4 Å². The second kappa shape index (κ2) is 13.1. The molecule has 10 nitrogen and oxygen atoms in total. The molecule has 6 rings (SSSR count). The summed E-state index contributed by atoms with van der Waals surface area (Å²) >= 11 is 2.72. The van der Waals surface area contributed by atoms with Crippen LogP contribution >= 0.6 is 23.1 Å².